The summed E-state index contributed by atoms with van der Waals surface area (Å²) >= 11 is 0. The summed E-state index contributed by atoms with van der Waals surface area (Å²) < 4.78 is 0. The molecule has 0 radical (unpaired) electrons. The molecule has 1 aliphatic carbocycles. The molecular weight excluding hydrogens is 302 g/mol. The van der Waals surface area contributed by atoms with Gasteiger partial charge in [-0.3, -0.25) is 4.98 Å². The lowest BCUT2D eigenvalue weighted by molar-refractivity contribution is 0.665. The zero-order valence-corrected chi connectivity index (χ0v) is 14.5. The predicted molar refractivity (Wildman–Crippen MR) is 105 cm³/mol. The highest BCUT2D eigenvalue weighted by atomic mass is 14.7. The fraction of sp³-hybridized carbons (Fsp3) is 0.125. The van der Waals surface area contributed by atoms with Crippen LogP contribution in [0.5, 0.6) is 0 Å². The lowest BCUT2D eigenvalue weighted by atomic mass is 9.78. The molecule has 25 heavy (non-hydrogen) atoms. The Kier molecular flexibility index (Phi) is 2.90. The number of rotatable bonds is 1. The zero-order valence-electron chi connectivity index (χ0n) is 14.5. The minimum Gasteiger partial charge on any atom is -0.256 e. The second-order valence-electron chi connectivity index (χ2n) is 7.28. The second kappa shape index (κ2) is 5.03. The van der Waals surface area contributed by atoms with Crippen LogP contribution in [0.1, 0.15) is 25.0 Å². The van der Waals surface area contributed by atoms with Crippen molar-refractivity contribution < 1.29 is 0 Å². The van der Waals surface area contributed by atoms with Crippen LogP contribution in [0.3, 0.4) is 0 Å². The summed E-state index contributed by atoms with van der Waals surface area (Å²) in [5.74, 6) is 0. The van der Waals surface area contributed by atoms with E-state index in [1.807, 2.05) is 6.20 Å². The van der Waals surface area contributed by atoms with Gasteiger partial charge in [-0.05, 0) is 39.1 Å². The van der Waals surface area contributed by atoms with Gasteiger partial charge in [0, 0.05) is 17.2 Å². The highest BCUT2D eigenvalue weighted by Gasteiger charge is 2.39. The van der Waals surface area contributed by atoms with E-state index in [9.17, 15) is 0 Å². The van der Waals surface area contributed by atoms with Gasteiger partial charge in [-0.25, -0.2) is 0 Å². The Morgan fingerprint density at radius 1 is 0.680 bits per heavy atom. The van der Waals surface area contributed by atoms with E-state index in [0.29, 0.717) is 0 Å². The summed E-state index contributed by atoms with van der Waals surface area (Å²) in [7, 11) is 0. The van der Waals surface area contributed by atoms with Crippen molar-refractivity contribution in [2.24, 2.45) is 0 Å². The molecule has 120 valence electrons. The molecule has 0 aliphatic heterocycles. The first-order valence-corrected chi connectivity index (χ1v) is 8.75. The van der Waals surface area contributed by atoms with Crippen molar-refractivity contribution in [3.05, 3.63) is 90.1 Å². The minimum atomic E-state index is -0.0784. The van der Waals surface area contributed by atoms with Crippen molar-refractivity contribution in [3.63, 3.8) is 0 Å². The zero-order chi connectivity index (χ0) is 17.0. The number of nitrogens with zero attached hydrogens (tertiary/aromatic N) is 1. The van der Waals surface area contributed by atoms with Crippen molar-refractivity contribution in [1.82, 2.24) is 4.98 Å². The molecule has 1 aromatic heterocycles. The van der Waals surface area contributed by atoms with Crippen LogP contribution in [0, 0.1) is 0 Å². The van der Waals surface area contributed by atoms with E-state index in [4.69, 9.17) is 4.98 Å². The maximum absolute atomic E-state index is 4.78. The maximum atomic E-state index is 4.78. The molecule has 4 aromatic rings. The highest BCUT2D eigenvalue weighted by Crippen LogP contribution is 2.53. The molecule has 1 aliphatic rings. The van der Waals surface area contributed by atoms with E-state index < -0.39 is 0 Å². The van der Waals surface area contributed by atoms with E-state index in [0.717, 1.165) is 5.69 Å². The van der Waals surface area contributed by atoms with E-state index >= 15 is 0 Å². The van der Waals surface area contributed by atoms with Crippen LogP contribution in [-0.4, -0.2) is 4.98 Å². The third kappa shape index (κ3) is 1.93. The normalized spacial score (nSPS) is 14.3. The average molecular weight is 321 g/mol. The molecule has 1 nitrogen and oxygen atoms in total. The lowest BCUT2D eigenvalue weighted by Crippen LogP contribution is -2.17. The smallest absolute Gasteiger partial charge is 0.0748 e. The molecule has 0 fully saturated rings. The fourth-order valence-electron chi connectivity index (χ4n) is 4.43. The first-order chi connectivity index (χ1) is 12.2. The second-order valence-corrected chi connectivity index (χ2v) is 7.28. The standard InChI is InChI=1S/C24H19N/c1-24(2)21-18-11-7-6-8-16(18)12-13-19(21)20-14-15-25-23(22(20)24)17-9-4-3-5-10-17/h3-15H,1-2H3. The van der Waals surface area contributed by atoms with E-state index in [1.54, 1.807) is 0 Å². The first-order valence-electron chi connectivity index (χ1n) is 8.75. The Balaban J connectivity index is 1.88. The summed E-state index contributed by atoms with van der Waals surface area (Å²) in [6, 6.07) is 25.9. The Hall–Kier alpha value is -2.93. The largest absolute Gasteiger partial charge is 0.256 e. The van der Waals surface area contributed by atoms with E-state index in [2.05, 4.69) is 86.6 Å². The molecule has 0 N–H and O–H groups in total. The Morgan fingerprint density at radius 2 is 1.40 bits per heavy atom. The molecule has 3 aromatic carbocycles. The predicted octanol–water partition coefficient (Wildman–Crippen LogP) is 6.21. The quantitative estimate of drug-likeness (QED) is 0.406. The fourth-order valence-corrected chi connectivity index (χ4v) is 4.43. The third-order valence-corrected chi connectivity index (χ3v) is 5.47. The molecule has 0 amide bonds. The van der Waals surface area contributed by atoms with Gasteiger partial charge in [0.2, 0.25) is 0 Å². The molecule has 0 saturated carbocycles. The summed E-state index contributed by atoms with van der Waals surface area (Å²) in [5.41, 5.74) is 7.63. The number of benzene rings is 3. The first kappa shape index (κ1) is 14.4. The van der Waals surface area contributed by atoms with Crippen molar-refractivity contribution in [1.29, 1.82) is 0 Å². The van der Waals surface area contributed by atoms with Crippen LogP contribution >= 0.6 is 0 Å². The van der Waals surface area contributed by atoms with Crippen molar-refractivity contribution in [2.75, 3.05) is 0 Å². The summed E-state index contributed by atoms with van der Waals surface area (Å²) in [6.07, 6.45) is 1.95. The van der Waals surface area contributed by atoms with E-state index in [-0.39, 0.29) is 5.41 Å². The average Bonchev–Trinajstić information content (AvgIpc) is 2.90. The number of hydrogen-bond acceptors (Lipinski definition) is 1. The third-order valence-electron chi connectivity index (χ3n) is 5.47. The molecule has 1 heterocycles. The van der Waals surface area contributed by atoms with Gasteiger partial charge in [0.1, 0.15) is 0 Å². The number of aromatic nitrogens is 1. The lowest BCUT2D eigenvalue weighted by Gasteiger charge is -2.25. The molecule has 0 atom stereocenters. The molecule has 5 rings (SSSR count). The van der Waals surface area contributed by atoms with E-state index in [1.165, 1.54) is 38.6 Å². The van der Waals surface area contributed by atoms with Crippen LogP contribution in [0.25, 0.3) is 33.2 Å². The van der Waals surface area contributed by atoms with Gasteiger partial charge in [0.15, 0.2) is 0 Å². The van der Waals surface area contributed by atoms with Crippen LogP contribution in [0.15, 0.2) is 79.0 Å². The van der Waals surface area contributed by atoms with Crippen molar-refractivity contribution in [3.8, 4) is 22.4 Å². The van der Waals surface area contributed by atoms with Gasteiger partial charge in [-0.15, -0.1) is 0 Å². The Labute approximate surface area is 148 Å². The summed E-state index contributed by atoms with van der Waals surface area (Å²) in [6.45, 7) is 4.66. The van der Waals surface area contributed by atoms with Crippen LogP contribution in [-0.2, 0) is 5.41 Å². The van der Waals surface area contributed by atoms with Gasteiger partial charge < -0.3 is 0 Å². The van der Waals surface area contributed by atoms with Crippen LogP contribution in [0.2, 0.25) is 0 Å². The van der Waals surface area contributed by atoms with Gasteiger partial charge in [-0.1, -0.05) is 80.6 Å². The number of hydrogen-bond donors (Lipinski definition) is 0. The summed E-state index contributed by atoms with van der Waals surface area (Å²) in [4.78, 5) is 4.78. The van der Waals surface area contributed by atoms with Crippen LogP contribution < -0.4 is 0 Å². The molecule has 0 spiro atoms. The van der Waals surface area contributed by atoms with Crippen molar-refractivity contribution >= 4 is 10.8 Å². The number of pyridine rings is 1. The Morgan fingerprint density at radius 3 is 2.24 bits per heavy atom. The molecule has 0 bridgehead atoms. The van der Waals surface area contributed by atoms with Gasteiger partial charge in [0.05, 0.1) is 5.69 Å². The molecule has 0 saturated heterocycles. The monoisotopic (exact) mass is 321 g/mol. The minimum absolute atomic E-state index is 0.0784. The van der Waals surface area contributed by atoms with Crippen LogP contribution in [0.4, 0.5) is 0 Å². The molecule has 1 heteroatoms. The highest BCUT2D eigenvalue weighted by molar-refractivity contribution is 5.98. The van der Waals surface area contributed by atoms with Gasteiger partial charge in [0.25, 0.3) is 0 Å². The van der Waals surface area contributed by atoms with Crippen molar-refractivity contribution in [2.45, 2.75) is 19.3 Å². The van der Waals surface area contributed by atoms with Gasteiger partial charge in [-0.2, -0.15) is 0 Å². The topological polar surface area (TPSA) is 12.9 Å². The van der Waals surface area contributed by atoms with Gasteiger partial charge >= 0.3 is 0 Å². The summed E-state index contributed by atoms with van der Waals surface area (Å²) in [5, 5.41) is 2.65. The number of fused-ring (bicyclic) bond motifs is 5. The molecule has 0 unspecified atom stereocenters. The maximum Gasteiger partial charge on any atom is 0.0748 e. The SMILES string of the molecule is CC1(C)c2c(ccnc2-c2ccccc2)-c2ccc3ccccc3c21. The Bertz CT molecular complexity index is 1110. The molecular formula is C24H19N.